The van der Waals surface area contributed by atoms with E-state index in [1.165, 1.54) is 12.1 Å². The summed E-state index contributed by atoms with van der Waals surface area (Å²) < 4.78 is 41.0. The van der Waals surface area contributed by atoms with Crippen molar-refractivity contribution in [2.24, 2.45) is 0 Å². The van der Waals surface area contributed by atoms with E-state index in [0.717, 1.165) is 19.3 Å². The molecule has 0 amide bonds. The van der Waals surface area contributed by atoms with Crippen LogP contribution in [0.25, 0.3) is 0 Å². The van der Waals surface area contributed by atoms with Crippen molar-refractivity contribution in [3.05, 3.63) is 24.3 Å². The van der Waals surface area contributed by atoms with E-state index in [0.29, 0.717) is 5.69 Å². The number of para-hydroxylation sites is 2. The van der Waals surface area contributed by atoms with Gasteiger partial charge in [0, 0.05) is 5.54 Å². The predicted octanol–water partition coefficient (Wildman–Crippen LogP) is 4.97. The van der Waals surface area contributed by atoms with Gasteiger partial charge in [-0.15, -0.1) is 13.2 Å². The number of hydrogen-bond donors (Lipinski definition) is 1. The van der Waals surface area contributed by atoms with Gasteiger partial charge in [-0.1, -0.05) is 32.4 Å². The molecule has 19 heavy (non-hydrogen) atoms. The normalized spacial score (nSPS) is 14.8. The van der Waals surface area contributed by atoms with Crippen molar-refractivity contribution in [2.75, 3.05) is 5.32 Å². The van der Waals surface area contributed by atoms with Crippen molar-refractivity contribution >= 4 is 5.69 Å². The van der Waals surface area contributed by atoms with E-state index >= 15 is 0 Å². The average Bonchev–Trinajstić information content (AvgIpc) is 2.30. The lowest BCUT2D eigenvalue weighted by Gasteiger charge is -2.31. The minimum absolute atomic E-state index is 0.189. The molecule has 1 N–H and O–H groups in total. The minimum atomic E-state index is -4.68. The third-order valence-electron chi connectivity index (χ3n) is 3.13. The summed E-state index contributed by atoms with van der Waals surface area (Å²) in [5.41, 5.74) is 0.137. The maximum atomic E-state index is 12.3. The zero-order chi connectivity index (χ0) is 14.5. The molecule has 0 saturated heterocycles. The second-order valence-electron chi connectivity index (χ2n) is 4.83. The number of benzene rings is 1. The van der Waals surface area contributed by atoms with E-state index in [9.17, 15) is 13.2 Å². The van der Waals surface area contributed by atoms with Gasteiger partial charge in [-0.05, 0) is 31.9 Å². The highest BCUT2D eigenvalue weighted by Gasteiger charge is 2.32. The van der Waals surface area contributed by atoms with Crippen molar-refractivity contribution in [3.8, 4) is 5.75 Å². The highest BCUT2D eigenvalue weighted by Crippen LogP contribution is 2.33. The summed E-state index contributed by atoms with van der Waals surface area (Å²) in [4.78, 5) is 0. The molecule has 0 aliphatic heterocycles. The first kappa shape index (κ1) is 15.7. The first-order chi connectivity index (χ1) is 8.79. The first-order valence-electron chi connectivity index (χ1n) is 6.42. The van der Waals surface area contributed by atoms with Crippen molar-refractivity contribution in [1.29, 1.82) is 0 Å². The fourth-order valence-electron chi connectivity index (χ4n) is 1.99. The molecular formula is C14H20F3NO. The average molecular weight is 275 g/mol. The molecule has 0 bridgehead atoms. The molecule has 0 heterocycles. The molecule has 108 valence electrons. The van der Waals surface area contributed by atoms with Gasteiger partial charge < -0.3 is 10.1 Å². The molecule has 0 spiro atoms. The second-order valence-corrected chi connectivity index (χ2v) is 4.83. The number of rotatable bonds is 6. The smallest absolute Gasteiger partial charge is 0.404 e. The highest BCUT2D eigenvalue weighted by atomic mass is 19.4. The van der Waals surface area contributed by atoms with Crippen LogP contribution in [0.1, 0.15) is 40.0 Å². The van der Waals surface area contributed by atoms with Crippen LogP contribution < -0.4 is 10.1 Å². The summed E-state index contributed by atoms with van der Waals surface area (Å²) in [6.07, 6.45) is -2.02. The lowest BCUT2D eigenvalue weighted by atomic mass is 9.92. The van der Waals surface area contributed by atoms with Gasteiger partial charge >= 0.3 is 6.36 Å². The lowest BCUT2D eigenvalue weighted by Crippen LogP contribution is -2.34. The summed E-state index contributed by atoms with van der Waals surface area (Å²) in [6.45, 7) is 6.06. The van der Waals surface area contributed by atoms with E-state index in [2.05, 4.69) is 10.1 Å². The zero-order valence-corrected chi connectivity index (χ0v) is 11.5. The number of ether oxygens (including phenoxy) is 1. The Kier molecular flexibility index (Phi) is 5.09. The first-order valence-corrected chi connectivity index (χ1v) is 6.42. The molecule has 0 aromatic heterocycles. The summed E-state index contributed by atoms with van der Waals surface area (Å²) in [7, 11) is 0. The zero-order valence-electron chi connectivity index (χ0n) is 11.5. The van der Waals surface area contributed by atoms with Crippen LogP contribution in [0, 0.1) is 0 Å². The van der Waals surface area contributed by atoms with Gasteiger partial charge in [0.05, 0.1) is 5.69 Å². The van der Waals surface area contributed by atoms with Gasteiger partial charge in [0.15, 0.2) is 5.75 Å². The van der Waals surface area contributed by atoms with Crippen LogP contribution in [-0.4, -0.2) is 11.9 Å². The third kappa shape index (κ3) is 5.01. The molecule has 0 aliphatic rings. The van der Waals surface area contributed by atoms with Crippen molar-refractivity contribution < 1.29 is 17.9 Å². The van der Waals surface area contributed by atoms with Crippen LogP contribution in [0.3, 0.4) is 0 Å². The molecule has 1 atom stereocenters. The molecular weight excluding hydrogens is 255 g/mol. The molecule has 0 aliphatic carbocycles. The molecule has 0 fully saturated rings. The minimum Gasteiger partial charge on any atom is -0.404 e. The maximum Gasteiger partial charge on any atom is 0.573 e. The van der Waals surface area contributed by atoms with Crippen LogP contribution >= 0.6 is 0 Å². The van der Waals surface area contributed by atoms with E-state index in [4.69, 9.17) is 0 Å². The molecule has 1 aromatic rings. The van der Waals surface area contributed by atoms with Gasteiger partial charge in [0.2, 0.25) is 0 Å². The number of nitrogens with one attached hydrogen (secondary N) is 1. The standard InChI is InChI=1S/C14H20F3NO/c1-4-10-13(3,5-2)18-11-8-6-7-9-12(11)19-14(15,16)17/h6-9,18H,4-5,10H2,1-3H3. The molecule has 0 saturated carbocycles. The van der Waals surface area contributed by atoms with E-state index < -0.39 is 6.36 Å². The van der Waals surface area contributed by atoms with Crippen LogP contribution in [0.15, 0.2) is 24.3 Å². The molecule has 5 heteroatoms. The number of hydrogen-bond acceptors (Lipinski definition) is 2. The van der Waals surface area contributed by atoms with Crippen molar-refractivity contribution in [1.82, 2.24) is 0 Å². The monoisotopic (exact) mass is 275 g/mol. The number of anilines is 1. The molecule has 1 unspecified atom stereocenters. The van der Waals surface area contributed by atoms with Crippen LogP contribution in [-0.2, 0) is 0 Å². The predicted molar refractivity (Wildman–Crippen MR) is 70.4 cm³/mol. The Hall–Kier alpha value is -1.39. The van der Waals surface area contributed by atoms with Crippen LogP contribution in [0.4, 0.5) is 18.9 Å². The Bertz CT molecular complexity index is 406. The fourth-order valence-corrected chi connectivity index (χ4v) is 1.99. The van der Waals surface area contributed by atoms with Gasteiger partial charge in [0.1, 0.15) is 0 Å². The van der Waals surface area contributed by atoms with Gasteiger partial charge in [-0.25, -0.2) is 0 Å². The van der Waals surface area contributed by atoms with Gasteiger partial charge in [0.25, 0.3) is 0 Å². The maximum absolute atomic E-state index is 12.3. The third-order valence-corrected chi connectivity index (χ3v) is 3.13. The Morgan fingerprint density at radius 2 is 1.79 bits per heavy atom. The Morgan fingerprint density at radius 3 is 2.32 bits per heavy atom. The largest absolute Gasteiger partial charge is 0.573 e. The molecule has 2 nitrogen and oxygen atoms in total. The topological polar surface area (TPSA) is 21.3 Å². The second kappa shape index (κ2) is 6.17. The van der Waals surface area contributed by atoms with E-state index in [1.807, 2.05) is 20.8 Å². The van der Waals surface area contributed by atoms with Crippen LogP contribution in [0.5, 0.6) is 5.75 Å². The fraction of sp³-hybridized carbons (Fsp3) is 0.571. The Morgan fingerprint density at radius 1 is 1.16 bits per heavy atom. The molecule has 1 rings (SSSR count). The number of alkyl halides is 3. The van der Waals surface area contributed by atoms with Crippen molar-refractivity contribution in [3.63, 3.8) is 0 Å². The Balaban J connectivity index is 2.94. The quantitative estimate of drug-likeness (QED) is 0.791. The Labute approximate surface area is 112 Å². The summed E-state index contributed by atoms with van der Waals surface area (Å²) in [6, 6.07) is 6.13. The highest BCUT2D eigenvalue weighted by molar-refractivity contribution is 5.57. The lowest BCUT2D eigenvalue weighted by molar-refractivity contribution is -0.274. The van der Waals surface area contributed by atoms with Crippen molar-refractivity contribution in [2.45, 2.75) is 51.9 Å². The summed E-state index contributed by atoms with van der Waals surface area (Å²) in [5.74, 6) is -0.189. The van der Waals surface area contributed by atoms with Gasteiger partial charge in [-0.3, -0.25) is 0 Å². The van der Waals surface area contributed by atoms with Gasteiger partial charge in [-0.2, -0.15) is 0 Å². The number of halogens is 3. The van der Waals surface area contributed by atoms with Crippen LogP contribution in [0.2, 0.25) is 0 Å². The van der Waals surface area contributed by atoms with E-state index in [1.54, 1.807) is 12.1 Å². The SMILES string of the molecule is CCCC(C)(CC)Nc1ccccc1OC(F)(F)F. The molecule has 1 aromatic carbocycles. The summed E-state index contributed by atoms with van der Waals surface area (Å²) in [5, 5.41) is 3.17. The molecule has 0 radical (unpaired) electrons. The summed E-state index contributed by atoms with van der Waals surface area (Å²) >= 11 is 0. The van der Waals surface area contributed by atoms with E-state index in [-0.39, 0.29) is 11.3 Å².